The van der Waals surface area contributed by atoms with Gasteiger partial charge in [-0.1, -0.05) is 25.5 Å². The van der Waals surface area contributed by atoms with Gasteiger partial charge in [-0.3, -0.25) is 9.59 Å². The van der Waals surface area contributed by atoms with Gasteiger partial charge < -0.3 is 10.2 Å². The van der Waals surface area contributed by atoms with Crippen molar-refractivity contribution in [3.8, 4) is 0 Å². The van der Waals surface area contributed by atoms with Crippen LogP contribution in [-0.4, -0.2) is 41.6 Å². The van der Waals surface area contributed by atoms with Crippen molar-refractivity contribution < 1.29 is 9.59 Å². The highest BCUT2D eigenvalue weighted by atomic mass is 32.2. The van der Waals surface area contributed by atoms with Gasteiger partial charge in [-0.2, -0.15) is 0 Å². The topological polar surface area (TPSA) is 49.4 Å². The van der Waals surface area contributed by atoms with Crippen LogP contribution < -0.4 is 5.32 Å². The van der Waals surface area contributed by atoms with Crippen molar-refractivity contribution in [2.45, 2.75) is 57.9 Å². The fraction of sp³-hybridized carbons (Fsp3) is 0.579. The smallest absolute Gasteiger partial charge is 0.245 e. The van der Waals surface area contributed by atoms with Crippen molar-refractivity contribution >= 4 is 23.6 Å². The molecule has 1 rings (SSSR count). The zero-order chi connectivity index (χ0) is 17.9. The molecule has 1 unspecified atom stereocenters. The number of aryl methyl sites for hydroxylation is 1. The number of carbonyl (C=O) groups excluding carboxylic acids is 2. The van der Waals surface area contributed by atoms with Gasteiger partial charge in [0.15, 0.2) is 0 Å². The van der Waals surface area contributed by atoms with E-state index >= 15 is 0 Å². The lowest BCUT2D eigenvalue weighted by molar-refractivity contribution is -0.135. The fourth-order valence-electron chi connectivity index (χ4n) is 2.49. The molecule has 0 saturated heterocycles. The minimum atomic E-state index is -0.479. The highest BCUT2D eigenvalue weighted by molar-refractivity contribution is 7.99. The largest absolute Gasteiger partial charge is 0.344 e. The maximum atomic E-state index is 12.5. The van der Waals surface area contributed by atoms with Gasteiger partial charge in [-0.05, 0) is 44.4 Å². The quantitative estimate of drug-likeness (QED) is 0.657. The van der Waals surface area contributed by atoms with E-state index in [1.165, 1.54) is 25.3 Å². The van der Waals surface area contributed by atoms with Crippen molar-refractivity contribution in [3.63, 3.8) is 0 Å². The minimum absolute atomic E-state index is 0.0118. The van der Waals surface area contributed by atoms with Gasteiger partial charge in [0.2, 0.25) is 11.8 Å². The summed E-state index contributed by atoms with van der Waals surface area (Å²) in [6, 6.07) is 8.02. The van der Waals surface area contributed by atoms with E-state index in [2.05, 4.69) is 36.5 Å². The molecule has 0 aliphatic carbocycles. The number of benzene rings is 1. The van der Waals surface area contributed by atoms with Gasteiger partial charge in [0, 0.05) is 30.7 Å². The highest BCUT2D eigenvalue weighted by Crippen LogP contribution is 2.20. The van der Waals surface area contributed by atoms with Crippen LogP contribution in [0.25, 0.3) is 0 Å². The molecule has 0 aliphatic heterocycles. The normalized spacial score (nSPS) is 11.8. The molecule has 2 amide bonds. The van der Waals surface area contributed by atoms with Crippen LogP contribution in [0.1, 0.15) is 46.1 Å². The van der Waals surface area contributed by atoms with Crippen molar-refractivity contribution in [2.24, 2.45) is 0 Å². The summed E-state index contributed by atoms with van der Waals surface area (Å²) in [4.78, 5) is 26.8. The third-order valence-corrected chi connectivity index (χ3v) is 5.02. The second-order valence-electron chi connectivity index (χ2n) is 5.82. The average Bonchev–Trinajstić information content (AvgIpc) is 2.58. The van der Waals surface area contributed by atoms with Gasteiger partial charge in [0.05, 0.1) is 0 Å². The predicted molar refractivity (Wildman–Crippen MR) is 101 cm³/mol. The molecule has 4 nitrogen and oxygen atoms in total. The summed E-state index contributed by atoms with van der Waals surface area (Å²) in [6.07, 6.45) is 3.51. The summed E-state index contributed by atoms with van der Waals surface area (Å²) in [5, 5.41) is 2.79. The molecule has 134 valence electrons. The van der Waals surface area contributed by atoms with Crippen LogP contribution in [0.15, 0.2) is 29.2 Å². The van der Waals surface area contributed by atoms with E-state index < -0.39 is 6.04 Å². The number of thioether (sulfide) groups is 1. The molecule has 1 aromatic carbocycles. The van der Waals surface area contributed by atoms with E-state index in [0.717, 1.165) is 11.3 Å². The Morgan fingerprint density at radius 1 is 1.12 bits per heavy atom. The van der Waals surface area contributed by atoms with Gasteiger partial charge in [0.1, 0.15) is 6.04 Å². The van der Waals surface area contributed by atoms with Crippen molar-refractivity contribution in [3.05, 3.63) is 29.8 Å². The molecule has 0 saturated carbocycles. The van der Waals surface area contributed by atoms with E-state index in [9.17, 15) is 9.59 Å². The molecular formula is C19H30N2O2S. The van der Waals surface area contributed by atoms with Crippen LogP contribution in [0.4, 0.5) is 0 Å². The Morgan fingerprint density at radius 2 is 1.75 bits per heavy atom. The van der Waals surface area contributed by atoms with Crippen LogP contribution in [0.2, 0.25) is 0 Å². The Morgan fingerprint density at radius 3 is 2.25 bits per heavy atom. The molecule has 1 N–H and O–H groups in total. The number of carbonyl (C=O) groups is 2. The molecule has 0 aromatic heterocycles. The molecule has 5 heteroatoms. The molecule has 1 aromatic rings. The molecule has 0 bridgehead atoms. The first-order chi connectivity index (χ1) is 11.5. The van der Waals surface area contributed by atoms with Crippen molar-refractivity contribution in [1.29, 1.82) is 0 Å². The van der Waals surface area contributed by atoms with Gasteiger partial charge in [-0.15, -0.1) is 11.8 Å². The number of hydrogen-bond donors (Lipinski definition) is 1. The number of amides is 2. The maximum absolute atomic E-state index is 12.5. The molecule has 1 atom stereocenters. The molecule has 0 heterocycles. The Labute approximate surface area is 150 Å². The van der Waals surface area contributed by atoms with Crippen LogP contribution in [0, 0.1) is 0 Å². The van der Waals surface area contributed by atoms with Crippen molar-refractivity contribution in [1.82, 2.24) is 10.2 Å². The predicted octanol–water partition coefficient (Wildman–Crippen LogP) is 3.49. The molecule has 0 aliphatic rings. The first-order valence-corrected chi connectivity index (χ1v) is 9.77. The monoisotopic (exact) mass is 350 g/mol. The average molecular weight is 351 g/mol. The number of likely N-dealkylation sites (N-methyl/N-ethyl adjacent to an activating group) is 1. The van der Waals surface area contributed by atoms with Crippen LogP contribution in [-0.2, 0) is 16.0 Å². The van der Waals surface area contributed by atoms with E-state index in [1.54, 1.807) is 16.7 Å². The van der Waals surface area contributed by atoms with Gasteiger partial charge in [-0.25, -0.2) is 0 Å². The molecule has 0 radical (unpaired) electrons. The number of rotatable bonds is 10. The lowest BCUT2D eigenvalue weighted by Crippen LogP contribution is -2.49. The first-order valence-electron chi connectivity index (χ1n) is 8.79. The lowest BCUT2D eigenvalue weighted by atomic mass is 10.1. The number of nitrogens with one attached hydrogen (secondary N) is 1. The SMILES string of the molecule is CCCCc1ccc(SCC(NC(C)=O)C(=O)N(CC)CC)cc1. The highest BCUT2D eigenvalue weighted by Gasteiger charge is 2.23. The number of hydrogen-bond acceptors (Lipinski definition) is 3. The Hall–Kier alpha value is -1.49. The third kappa shape index (κ3) is 6.95. The number of unbranched alkanes of at least 4 members (excludes halogenated alkanes) is 1. The zero-order valence-electron chi connectivity index (χ0n) is 15.3. The van der Waals surface area contributed by atoms with Crippen LogP contribution in [0.3, 0.4) is 0 Å². The second kappa shape index (κ2) is 11.1. The summed E-state index contributed by atoms with van der Waals surface area (Å²) in [6.45, 7) is 8.86. The Bertz CT molecular complexity index is 513. The summed E-state index contributed by atoms with van der Waals surface area (Å²) in [7, 11) is 0. The van der Waals surface area contributed by atoms with Crippen LogP contribution in [0.5, 0.6) is 0 Å². The standard InChI is InChI=1S/C19H30N2O2S/c1-5-8-9-16-10-12-17(13-11-16)24-14-18(20-15(4)22)19(23)21(6-2)7-3/h10-13,18H,5-9,14H2,1-4H3,(H,20,22). The summed E-state index contributed by atoms with van der Waals surface area (Å²) in [5.74, 6) is 0.363. The van der Waals surface area contributed by atoms with Crippen LogP contribution >= 0.6 is 11.8 Å². The van der Waals surface area contributed by atoms with E-state index in [-0.39, 0.29) is 11.8 Å². The first kappa shape index (κ1) is 20.6. The van der Waals surface area contributed by atoms with Gasteiger partial charge >= 0.3 is 0 Å². The summed E-state index contributed by atoms with van der Waals surface area (Å²) >= 11 is 1.61. The molecular weight excluding hydrogens is 320 g/mol. The molecule has 0 fully saturated rings. The molecule has 24 heavy (non-hydrogen) atoms. The second-order valence-corrected chi connectivity index (χ2v) is 6.92. The molecule has 0 spiro atoms. The fourth-order valence-corrected chi connectivity index (χ4v) is 3.40. The zero-order valence-corrected chi connectivity index (χ0v) is 16.1. The summed E-state index contributed by atoms with van der Waals surface area (Å²) < 4.78 is 0. The lowest BCUT2D eigenvalue weighted by Gasteiger charge is -2.25. The Kier molecular flexibility index (Phi) is 9.53. The minimum Gasteiger partial charge on any atom is -0.344 e. The Balaban J connectivity index is 2.67. The maximum Gasteiger partial charge on any atom is 0.245 e. The number of nitrogens with zero attached hydrogens (tertiary/aromatic N) is 1. The third-order valence-electron chi connectivity index (χ3n) is 3.91. The van der Waals surface area contributed by atoms with Gasteiger partial charge in [0.25, 0.3) is 0 Å². The van der Waals surface area contributed by atoms with E-state index in [0.29, 0.717) is 18.8 Å². The van der Waals surface area contributed by atoms with E-state index in [1.807, 2.05) is 13.8 Å². The van der Waals surface area contributed by atoms with Crippen molar-refractivity contribution in [2.75, 3.05) is 18.8 Å². The summed E-state index contributed by atoms with van der Waals surface area (Å²) in [5.41, 5.74) is 1.35. The van der Waals surface area contributed by atoms with E-state index in [4.69, 9.17) is 0 Å².